The number of hydrogen-bond donors (Lipinski definition) is 2. The van der Waals surface area contributed by atoms with Gasteiger partial charge >= 0.3 is 7.37 Å². The molecular weight excluding hydrogens is 391 g/mol. The van der Waals surface area contributed by atoms with Crippen LogP contribution in [0.4, 0.5) is 0 Å². The molecule has 0 aliphatic carbocycles. The van der Waals surface area contributed by atoms with Crippen LogP contribution < -0.4 is 24.6 Å². The Morgan fingerprint density at radius 1 is 0.793 bits per heavy atom. The van der Waals surface area contributed by atoms with Crippen LogP contribution in [-0.4, -0.2) is 36.6 Å². The molecule has 7 heteroatoms. The lowest BCUT2D eigenvalue weighted by Gasteiger charge is -2.30. The maximum atomic E-state index is 14.4. The van der Waals surface area contributed by atoms with Gasteiger partial charge in [-0.1, -0.05) is 36.4 Å². The summed E-state index contributed by atoms with van der Waals surface area (Å²) in [7, 11) is -3.57. The Balaban J connectivity index is 1.89. The molecule has 2 N–H and O–H groups in total. The van der Waals surface area contributed by atoms with Gasteiger partial charge in [-0.25, -0.2) is 0 Å². The predicted octanol–water partition coefficient (Wildman–Crippen LogP) is 2.72. The minimum Gasteiger partial charge on any atom is -0.491 e. The SMILES string of the molecule is O=P1(c2cc(OCCO)ccc2OCCO)Oc2ccccc2-c2ccccc21. The molecule has 0 amide bonds. The van der Waals surface area contributed by atoms with Gasteiger partial charge in [0.25, 0.3) is 0 Å². The van der Waals surface area contributed by atoms with E-state index in [0.29, 0.717) is 27.9 Å². The zero-order chi connectivity index (χ0) is 20.3. The molecule has 3 aromatic rings. The van der Waals surface area contributed by atoms with E-state index in [-0.39, 0.29) is 26.4 Å². The maximum Gasteiger partial charge on any atom is 0.311 e. The number of benzene rings is 3. The second kappa shape index (κ2) is 8.29. The zero-order valence-corrected chi connectivity index (χ0v) is 16.5. The van der Waals surface area contributed by atoms with E-state index in [4.69, 9.17) is 19.1 Å². The number of aliphatic hydroxyl groups is 2. The van der Waals surface area contributed by atoms with Crippen LogP contribution in [0.25, 0.3) is 11.1 Å². The zero-order valence-electron chi connectivity index (χ0n) is 15.7. The third-order valence-corrected chi connectivity index (χ3v) is 7.04. The summed E-state index contributed by atoms with van der Waals surface area (Å²) in [6.07, 6.45) is 0. The van der Waals surface area contributed by atoms with Crippen molar-refractivity contribution in [2.24, 2.45) is 0 Å². The minimum atomic E-state index is -3.57. The largest absolute Gasteiger partial charge is 0.491 e. The summed E-state index contributed by atoms with van der Waals surface area (Å²) in [4.78, 5) is 0. The molecule has 0 radical (unpaired) electrons. The molecule has 1 unspecified atom stereocenters. The minimum absolute atomic E-state index is 0.0576. The average molecular weight is 412 g/mol. The van der Waals surface area contributed by atoms with Crippen LogP contribution in [0.1, 0.15) is 0 Å². The number of para-hydroxylation sites is 1. The van der Waals surface area contributed by atoms with Gasteiger partial charge in [0.05, 0.1) is 23.8 Å². The van der Waals surface area contributed by atoms with E-state index in [2.05, 4.69) is 0 Å². The van der Waals surface area contributed by atoms with Crippen LogP contribution in [0.5, 0.6) is 17.2 Å². The standard InChI is InChI=1S/C22H21O6P/c23-11-13-26-16-9-10-20(27-14-12-24)22(15-16)29(25)21-8-4-2-6-18(21)17-5-1-3-7-19(17)28-29/h1-10,15,23-24H,11-14H2. The van der Waals surface area contributed by atoms with Gasteiger partial charge in [0.2, 0.25) is 0 Å². The van der Waals surface area contributed by atoms with Crippen LogP contribution in [0.15, 0.2) is 66.7 Å². The summed E-state index contributed by atoms with van der Waals surface area (Å²) in [5, 5.41) is 19.1. The molecular formula is C22H21O6P. The summed E-state index contributed by atoms with van der Waals surface area (Å²) in [6.45, 7) is -0.141. The molecule has 0 fully saturated rings. The Morgan fingerprint density at radius 2 is 1.48 bits per heavy atom. The lowest BCUT2D eigenvalue weighted by Crippen LogP contribution is -2.27. The second-order valence-electron chi connectivity index (χ2n) is 6.43. The molecule has 6 nitrogen and oxygen atoms in total. The first-order chi connectivity index (χ1) is 14.2. The van der Waals surface area contributed by atoms with E-state index in [1.165, 1.54) is 0 Å². The normalized spacial score (nSPS) is 17.0. The third kappa shape index (κ3) is 3.62. The molecule has 1 aliphatic heterocycles. The van der Waals surface area contributed by atoms with Crippen molar-refractivity contribution in [3.05, 3.63) is 66.7 Å². The summed E-state index contributed by atoms with van der Waals surface area (Å²) in [5.41, 5.74) is 1.72. The fourth-order valence-electron chi connectivity index (χ4n) is 3.35. The van der Waals surface area contributed by atoms with Crippen LogP contribution in [0.2, 0.25) is 0 Å². The molecule has 3 aromatic carbocycles. The first-order valence-electron chi connectivity index (χ1n) is 9.28. The van der Waals surface area contributed by atoms with Crippen LogP contribution in [0.3, 0.4) is 0 Å². The van der Waals surface area contributed by atoms with Gasteiger partial charge in [-0.05, 0) is 35.9 Å². The fraction of sp³-hybridized carbons (Fsp3) is 0.182. The summed E-state index contributed by atoms with van der Waals surface area (Å²) in [5.74, 6) is 1.33. The molecule has 0 aromatic heterocycles. The Labute approximate surface area is 168 Å². The molecule has 1 aliphatic rings. The summed E-state index contributed by atoms with van der Waals surface area (Å²) >= 11 is 0. The van der Waals surface area contributed by atoms with Crippen molar-refractivity contribution in [1.82, 2.24) is 0 Å². The maximum absolute atomic E-state index is 14.4. The van der Waals surface area contributed by atoms with Gasteiger partial charge in [0.1, 0.15) is 30.5 Å². The predicted molar refractivity (Wildman–Crippen MR) is 111 cm³/mol. The van der Waals surface area contributed by atoms with Crippen LogP contribution >= 0.6 is 7.37 Å². The van der Waals surface area contributed by atoms with E-state index in [1.54, 1.807) is 30.3 Å². The van der Waals surface area contributed by atoms with Crippen molar-refractivity contribution in [3.8, 4) is 28.4 Å². The lowest BCUT2D eigenvalue weighted by atomic mass is 10.0. The Kier molecular flexibility index (Phi) is 5.58. The van der Waals surface area contributed by atoms with E-state index in [0.717, 1.165) is 11.1 Å². The van der Waals surface area contributed by atoms with Crippen LogP contribution in [0, 0.1) is 0 Å². The fourth-order valence-corrected chi connectivity index (χ4v) is 5.76. The smallest absolute Gasteiger partial charge is 0.311 e. The second-order valence-corrected chi connectivity index (χ2v) is 8.68. The monoisotopic (exact) mass is 412 g/mol. The Hall–Kier alpha value is -2.79. The molecule has 0 saturated heterocycles. The molecule has 29 heavy (non-hydrogen) atoms. The van der Waals surface area contributed by atoms with Gasteiger partial charge in [0.15, 0.2) is 0 Å². The Bertz CT molecular complexity index is 1060. The summed E-state index contributed by atoms with van der Waals surface area (Å²) in [6, 6.07) is 19.8. The molecule has 150 valence electrons. The highest BCUT2D eigenvalue weighted by Crippen LogP contribution is 2.55. The number of fused-ring (bicyclic) bond motifs is 3. The van der Waals surface area contributed by atoms with Crippen molar-refractivity contribution in [2.45, 2.75) is 0 Å². The van der Waals surface area contributed by atoms with Crippen molar-refractivity contribution >= 4 is 18.0 Å². The summed E-state index contributed by atoms with van der Waals surface area (Å²) < 4.78 is 31.7. The molecule has 0 saturated carbocycles. The first-order valence-corrected chi connectivity index (χ1v) is 10.9. The van der Waals surface area contributed by atoms with Gasteiger partial charge < -0.3 is 24.2 Å². The number of ether oxygens (including phenoxy) is 2. The van der Waals surface area contributed by atoms with Gasteiger partial charge in [0, 0.05) is 5.56 Å². The lowest BCUT2D eigenvalue weighted by molar-refractivity contribution is 0.198. The topological polar surface area (TPSA) is 85.2 Å². The van der Waals surface area contributed by atoms with E-state index in [9.17, 15) is 9.67 Å². The molecule has 0 bridgehead atoms. The van der Waals surface area contributed by atoms with E-state index >= 15 is 0 Å². The van der Waals surface area contributed by atoms with Gasteiger partial charge in [-0.2, -0.15) is 0 Å². The number of hydrogen-bond acceptors (Lipinski definition) is 6. The van der Waals surface area contributed by atoms with E-state index < -0.39 is 7.37 Å². The number of aliphatic hydroxyl groups excluding tert-OH is 2. The molecule has 1 heterocycles. The van der Waals surface area contributed by atoms with Crippen LogP contribution in [-0.2, 0) is 4.57 Å². The quantitative estimate of drug-likeness (QED) is 0.581. The van der Waals surface area contributed by atoms with Crippen molar-refractivity contribution < 1.29 is 28.8 Å². The molecule has 4 rings (SSSR count). The highest BCUT2D eigenvalue weighted by atomic mass is 31.2. The Morgan fingerprint density at radius 3 is 2.28 bits per heavy atom. The average Bonchev–Trinajstić information content (AvgIpc) is 2.76. The van der Waals surface area contributed by atoms with Crippen molar-refractivity contribution in [3.63, 3.8) is 0 Å². The van der Waals surface area contributed by atoms with Gasteiger partial charge in [-0.3, -0.25) is 4.57 Å². The van der Waals surface area contributed by atoms with E-state index in [1.807, 2.05) is 36.4 Å². The van der Waals surface area contributed by atoms with Gasteiger partial charge in [-0.15, -0.1) is 0 Å². The van der Waals surface area contributed by atoms with Crippen molar-refractivity contribution in [2.75, 3.05) is 26.4 Å². The molecule has 0 spiro atoms. The highest BCUT2D eigenvalue weighted by molar-refractivity contribution is 7.75. The highest BCUT2D eigenvalue weighted by Gasteiger charge is 2.40. The third-order valence-electron chi connectivity index (χ3n) is 4.58. The first kappa shape index (κ1) is 19.5. The molecule has 1 atom stereocenters. The van der Waals surface area contributed by atoms with Crippen molar-refractivity contribution in [1.29, 1.82) is 0 Å². The number of rotatable bonds is 7.